The van der Waals surface area contributed by atoms with Crippen molar-refractivity contribution in [1.82, 2.24) is 0 Å². The summed E-state index contributed by atoms with van der Waals surface area (Å²) in [6.45, 7) is 0. The van der Waals surface area contributed by atoms with Crippen molar-refractivity contribution in [3.05, 3.63) is 0 Å². The fourth-order valence-electron chi connectivity index (χ4n) is 2.62. The molecule has 74 valence electrons. The summed E-state index contributed by atoms with van der Waals surface area (Å²) in [5, 5.41) is 8.72. The van der Waals surface area contributed by atoms with Crippen LogP contribution in [0.4, 0.5) is 0 Å². The van der Waals surface area contributed by atoms with Gasteiger partial charge in [0.1, 0.15) is 0 Å². The molecule has 2 aliphatic carbocycles. The summed E-state index contributed by atoms with van der Waals surface area (Å²) >= 11 is 0. The lowest BCUT2D eigenvalue weighted by atomic mass is 9.99. The molecule has 0 aromatic carbocycles. The summed E-state index contributed by atoms with van der Waals surface area (Å²) in [4.78, 5) is 10.6. The van der Waals surface area contributed by atoms with Crippen molar-refractivity contribution in [2.75, 3.05) is 0 Å². The molecule has 0 radical (unpaired) electrons. The molecule has 2 nitrogen and oxygen atoms in total. The third kappa shape index (κ3) is 2.23. The minimum Gasteiger partial charge on any atom is -0.481 e. The molecule has 0 aromatic heterocycles. The highest BCUT2D eigenvalue weighted by Gasteiger charge is 2.42. The number of hydrogen-bond donors (Lipinski definition) is 1. The first-order chi connectivity index (χ1) is 6.27. The fraction of sp³-hybridized carbons (Fsp3) is 0.909. The van der Waals surface area contributed by atoms with Gasteiger partial charge >= 0.3 is 5.97 Å². The van der Waals surface area contributed by atoms with E-state index in [0.29, 0.717) is 5.92 Å². The first-order valence-corrected chi connectivity index (χ1v) is 5.50. The van der Waals surface area contributed by atoms with Gasteiger partial charge in [-0.15, -0.1) is 0 Å². The van der Waals surface area contributed by atoms with Crippen molar-refractivity contribution in [2.45, 2.75) is 44.9 Å². The van der Waals surface area contributed by atoms with Crippen LogP contribution in [0, 0.1) is 17.8 Å². The van der Waals surface area contributed by atoms with Crippen molar-refractivity contribution in [1.29, 1.82) is 0 Å². The standard InChI is InChI=1S/C11H18O2/c12-11(13)10-7-9(10)6-5-8-3-1-2-4-8/h8-10H,1-7H2,(H,12,13)/t9-,10-/m1/s1. The lowest BCUT2D eigenvalue weighted by Gasteiger charge is -2.06. The summed E-state index contributed by atoms with van der Waals surface area (Å²) in [6, 6.07) is 0. The second kappa shape index (κ2) is 3.69. The zero-order valence-corrected chi connectivity index (χ0v) is 8.04. The highest BCUT2D eigenvalue weighted by atomic mass is 16.4. The van der Waals surface area contributed by atoms with Crippen LogP contribution >= 0.6 is 0 Å². The van der Waals surface area contributed by atoms with Crippen molar-refractivity contribution < 1.29 is 9.90 Å². The highest BCUT2D eigenvalue weighted by molar-refractivity contribution is 5.73. The molecule has 2 atom stereocenters. The van der Waals surface area contributed by atoms with Crippen LogP contribution in [0.5, 0.6) is 0 Å². The van der Waals surface area contributed by atoms with Crippen molar-refractivity contribution in [2.24, 2.45) is 17.8 Å². The Hall–Kier alpha value is -0.530. The molecule has 13 heavy (non-hydrogen) atoms. The van der Waals surface area contributed by atoms with Gasteiger partial charge in [0.25, 0.3) is 0 Å². The SMILES string of the molecule is O=C(O)[C@@H]1C[C@H]1CCC1CCCC1. The summed E-state index contributed by atoms with van der Waals surface area (Å²) in [5.41, 5.74) is 0. The number of aliphatic carboxylic acids is 1. The Bertz CT molecular complexity index is 194. The Labute approximate surface area is 79.3 Å². The molecule has 2 fully saturated rings. The van der Waals surface area contributed by atoms with E-state index in [2.05, 4.69) is 0 Å². The summed E-state index contributed by atoms with van der Waals surface area (Å²) in [7, 11) is 0. The Kier molecular flexibility index (Phi) is 2.56. The molecule has 2 aliphatic rings. The molecule has 0 bridgehead atoms. The molecule has 0 unspecified atom stereocenters. The average molecular weight is 182 g/mol. The van der Waals surface area contributed by atoms with E-state index in [9.17, 15) is 4.79 Å². The normalized spacial score (nSPS) is 33.5. The Morgan fingerprint density at radius 2 is 1.92 bits per heavy atom. The van der Waals surface area contributed by atoms with Crippen LogP contribution in [0.1, 0.15) is 44.9 Å². The Morgan fingerprint density at radius 3 is 2.46 bits per heavy atom. The van der Waals surface area contributed by atoms with Gasteiger partial charge in [-0.2, -0.15) is 0 Å². The van der Waals surface area contributed by atoms with E-state index in [1.165, 1.54) is 38.5 Å². The Balaban J connectivity index is 1.62. The predicted molar refractivity (Wildman–Crippen MR) is 50.4 cm³/mol. The van der Waals surface area contributed by atoms with Gasteiger partial charge in [-0.3, -0.25) is 4.79 Å². The fourth-order valence-corrected chi connectivity index (χ4v) is 2.62. The van der Waals surface area contributed by atoms with Crippen molar-refractivity contribution >= 4 is 5.97 Å². The lowest BCUT2D eigenvalue weighted by Crippen LogP contribution is -2.01. The third-order valence-electron chi connectivity index (χ3n) is 3.66. The van der Waals surface area contributed by atoms with E-state index >= 15 is 0 Å². The average Bonchev–Trinajstić information content (AvgIpc) is 2.70. The molecular weight excluding hydrogens is 164 g/mol. The van der Waals surface area contributed by atoms with Gasteiger partial charge in [0.15, 0.2) is 0 Å². The smallest absolute Gasteiger partial charge is 0.306 e. The molecule has 2 heteroatoms. The van der Waals surface area contributed by atoms with Crippen LogP contribution in [-0.4, -0.2) is 11.1 Å². The molecule has 0 spiro atoms. The zero-order chi connectivity index (χ0) is 9.26. The maximum Gasteiger partial charge on any atom is 0.306 e. The minimum absolute atomic E-state index is 0.0152. The highest BCUT2D eigenvalue weighted by Crippen LogP contribution is 2.44. The van der Waals surface area contributed by atoms with Gasteiger partial charge in [0, 0.05) is 0 Å². The first-order valence-electron chi connectivity index (χ1n) is 5.50. The topological polar surface area (TPSA) is 37.3 Å². The summed E-state index contributed by atoms with van der Waals surface area (Å²) < 4.78 is 0. The zero-order valence-electron chi connectivity index (χ0n) is 8.04. The molecule has 0 amide bonds. The van der Waals surface area contributed by atoms with Crippen LogP contribution in [-0.2, 0) is 4.79 Å². The molecule has 1 N–H and O–H groups in total. The number of carboxylic acid groups (broad SMARTS) is 1. The van der Waals surface area contributed by atoms with E-state index in [1.807, 2.05) is 0 Å². The van der Waals surface area contributed by atoms with Gasteiger partial charge < -0.3 is 5.11 Å². The summed E-state index contributed by atoms with van der Waals surface area (Å²) in [5.74, 6) is 0.894. The van der Waals surface area contributed by atoms with Gasteiger partial charge in [-0.25, -0.2) is 0 Å². The number of carbonyl (C=O) groups is 1. The quantitative estimate of drug-likeness (QED) is 0.725. The number of carboxylic acids is 1. The van der Waals surface area contributed by atoms with Crippen LogP contribution in [0.15, 0.2) is 0 Å². The Morgan fingerprint density at radius 1 is 1.23 bits per heavy atom. The van der Waals surface area contributed by atoms with E-state index in [4.69, 9.17) is 5.11 Å². The van der Waals surface area contributed by atoms with E-state index in [0.717, 1.165) is 12.3 Å². The second-order valence-corrected chi connectivity index (χ2v) is 4.67. The van der Waals surface area contributed by atoms with Gasteiger partial charge in [-0.1, -0.05) is 32.1 Å². The van der Waals surface area contributed by atoms with Crippen LogP contribution < -0.4 is 0 Å². The molecule has 0 aliphatic heterocycles. The van der Waals surface area contributed by atoms with Gasteiger partial charge in [0.05, 0.1) is 5.92 Å². The molecule has 2 rings (SSSR count). The molecule has 0 aromatic rings. The molecular formula is C11H18O2. The number of hydrogen-bond acceptors (Lipinski definition) is 1. The maximum absolute atomic E-state index is 10.6. The largest absolute Gasteiger partial charge is 0.481 e. The molecule has 2 saturated carbocycles. The maximum atomic E-state index is 10.6. The molecule has 0 saturated heterocycles. The van der Waals surface area contributed by atoms with Crippen LogP contribution in [0.25, 0.3) is 0 Å². The third-order valence-corrected chi connectivity index (χ3v) is 3.66. The first kappa shape index (κ1) is 9.04. The second-order valence-electron chi connectivity index (χ2n) is 4.67. The van der Waals surface area contributed by atoms with Crippen LogP contribution in [0.2, 0.25) is 0 Å². The lowest BCUT2D eigenvalue weighted by molar-refractivity contribution is -0.138. The molecule has 0 heterocycles. The van der Waals surface area contributed by atoms with Crippen LogP contribution in [0.3, 0.4) is 0 Å². The van der Waals surface area contributed by atoms with E-state index in [1.54, 1.807) is 0 Å². The van der Waals surface area contributed by atoms with Gasteiger partial charge in [-0.05, 0) is 24.7 Å². The number of rotatable bonds is 4. The monoisotopic (exact) mass is 182 g/mol. The van der Waals surface area contributed by atoms with Crippen molar-refractivity contribution in [3.63, 3.8) is 0 Å². The van der Waals surface area contributed by atoms with E-state index in [-0.39, 0.29) is 5.92 Å². The van der Waals surface area contributed by atoms with Crippen molar-refractivity contribution in [3.8, 4) is 0 Å². The minimum atomic E-state index is -0.573. The predicted octanol–water partition coefficient (Wildman–Crippen LogP) is 2.68. The van der Waals surface area contributed by atoms with E-state index < -0.39 is 5.97 Å². The summed E-state index contributed by atoms with van der Waals surface area (Å²) in [6.07, 6.45) is 8.99. The van der Waals surface area contributed by atoms with Gasteiger partial charge in [0.2, 0.25) is 0 Å².